The molecule has 0 spiro atoms. The Bertz CT molecular complexity index is 871. The van der Waals surface area contributed by atoms with E-state index in [9.17, 15) is 14.4 Å². The highest BCUT2D eigenvalue weighted by Crippen LogP contribution is 2.26. The van der Waals surface area contributed by atoms with Crippen molar-refractivity contribution < 1.29 is 28.6 Å². The van der Waals surface area contributed by atoms with Crippen molar-refractivity contribution in [3.05, 3.63) is 53.6 Å². The zero-order valence-electron chi connectivity index (χ0n) is 17.0. The molecular weight excluding hydrogens is 374 g/mol. The number of carbonyl (C=O) groups is 3. The lowest BCUT2D eigenvalue weighted by atomic mass is 10.0. The van der Waals surface area contributed by atoms with Gasteiger partial charge in [-0.05, 0) is 55.3 Å². The van der Waals surface area contributed by atoms with Crippen LogP contribution in [0.3, 0.4) is 0 Å². The average Bonchev–Trinajstić information content (AvgIpc) is 2.74. The Morgan fingerprint density at radius 3 is 1.93 bits per heavy atom. The maximum atomic E-state index is 12.2. The topological polar surface area (TPSA) is 90.9 Å². The first-order valence-electron chi connectivity index (χ1n) is 9.32. The van der Waals surface area contributed by atoms with E-state index in [1.54, 1.807) is 30.3 Å². The molecule has 7 nitrogen and oxygen atoms in total. The maximum Gasteiger partial charge on any atom is 0.338 e. The van der Waals surface area contributed by atoms with E-state index in [-0.39, 0.29) is 23.0 Å². The number of benzene rings is 2. The van der Waals surface area contributed by atoms with Gasteiger partial charge in [0.2, 0.25) is 5.91 Å². The molecule has 1 amide bonds. The van der Waals surface area contributed by atoms with Crippen LogP contribution in [0, 0.1) is 5.92 Å². The SMILES string of the molecule is CCC(CC)C(=O)Nc1ccc(Oc2ccc(C(=O)OC)c(C(=O)OC)c2)cc1. The van der Waals surface area contributed by atoms with Gasteiger partial charge in [-0.25, -0.2) is 9.59 Å². The molecule has 0 atom stereocenters. The van der Waals surface area contributed by atoms with E-state index >= 15 is 0 Å². The standard InChI is InChI=1S/C22H25NO6/c1-5-14(6-2)20(24)23-15-7-9-16(10-8-15)29-17-11-12-18(21(25)27-3)19(13-17)22(26)28-4/h7-14H,5-6H2,1-4H3,(H,23,24). The number of methoxy groups -OCH3 is 2. The minimum Gasteiger partial charge on any atom is -0.465 e. The van der Waals surface area contributed by atoms with Gasteiger partial charge in [-0.3, -0.25) is 4.79 Å². The smallest absolute Gasteiger partial charge is 0.338 e. The normalized spacial score (nSPS) is 10.4. The van der Waals surface area contributed by atoms with Crippen LogP contribution >= 0.6 is 0 Å². The Morgan fingerprint density at radius 2 is 1.38 bits per heavy atom. The number of hydrogen-bond acceptors (Lipinski definition) is 6. The van der Waals surface area contributed by atoms with Crippen LogP contribution in [-0.2, 0) is 14.3 Å². The summed E-state index contributed by atoms with van der Waals surface area (Å²) in [5.74, 6) is -0.482. The van der Waals surface area contributed by atoms with Crippen molar-refractivity contribution in [1.29, 1.82) is 0 Å². The van der Waals surface area contributed by atoms with E-state index in [0.29, 0.717) is 17.2 Å². The Hall–Kier alpha value is -3.35. The van der Waals surface area contributed by atoms with Gasteiger partial charge in [0.05, 0.1) is 25.3 Å². The van der Waals surface area contributed by atoms with Crippen molar-refractivity contribution in [2.24, 2.45) is 5.92 Å². The number of amides is 1. The lowest BCUT2D eigenvalue weighted by Gasteiger charge is -2.13. The van der Waals surface area contributed by atoms with E-state index in [0.717, 1.165) is 12.8 Å². The monoisotopic (exact) mass is 399 g/mol. The van der Waals surface area contributed by atoms with E-state index in [1.807, 2.05) is 13.8 Å². The van der Waals surface area contributed by atoms with Crippen molar-refractivity contribution in [2.45, 2.75) is 26.7 Å². The molecule has 0 radical (unpaired) electrons. The van der Waals surface area contributed by atoms with Crippen LogP contribution in [0.25, 0.3) is 0 Å². The van der Waals surface area contributed by atoms with Crippen LogP contribution < -0.4 is 10.1 Å². The van der Waals surface area contributed by atoms with Crippen molar-refractivity contribution in [2.75, 3.05) is 19.5 Å². The Labute approximate surface area is 170 Å². The summed E-state index contributed by atoms with van der Waals surface area (Å²) in [6.45, 7) is 3.97. The van der Waals surface area contributed by atoms with Gasteiger partial charge in [0.25, 0.3) is 0 Å². The molecule has 154 valence electrons. The molecule has 0 aliphatic carbocycles. The summed E-state index contributed by atoms with van der Waals surface area (Å²) in [5, 5.41) is 2.89. The number of carbonyl (C=O) groups excluding carboxylic acids is 3. The van der Waals surface area contributed by atoms with Crippen LogP contribution in [0.4, 0.5) is 5.69 Å². The van der Waals surface area contributed by atoms with Gasteiger partial charge in [0.15, 0.2) is 0 Å². The molecule has 0 aliphatic rings. The number of rotatable bonds is 8. The second-order valence-electron chi connectivity index (χ2n) is 6.32. The number of esters is 2. The summed E-state index contributed by atoms with van der Waals surface area (Å²) < 4.78 is 15.2. The zero-order valence-corrected chi connectivity index (χ0v) is 17.0. The van der Waals surface area contributed by atoms with Gasteiger partial charge in [-0.1, -0.05) is 13.8 Å². The van der Waals surface area contributed by atoms with Gasteiger partial charge >= 0.3 is 11.9 Å². The van der Waals surface area contributed by atoms with Gasteiger partial charge in [0, 0.05) is 11.6 Å². The predicted molar refractivity (Wildman–Crippen MR) is 108 cm³/mol. The van der Waals surface area contributed by atoms with Crippen molar-refractivity contribution in [3.8, 4) is 11.5 Å². The Morgan fingerprint density at radius 1 is 0.828 bits per heavy atom. The average molecular weight is 399 g/mol. The molecule has 29 heavy (non-hydrogen) atoms. The lowest BCUT2D eigenvalue weighted by molar-refractivity contribution is -0.120. The summed E-state index contributed by atoms with van der Waals surface area (Å²) in [7, 11) is 2.46. The summed E-state index contributed by atoms with van der Waals surface area (Å²) in [5.41, 5.74) is 0.808. The maximum absolute atomic E-state index is 12.2. The summed E-state index contributed by atoms with van der Waals surface area (Å²) in [6, 6.07) is 11.3. The second kappa shape index (κ2) is 10.3. The zero-order chi connectivity index (χ0) is 21.4. The number of ether oxygens (including phenoxy) is 3. The number of nitrogens with one attached hydrogen (secondary N) is 1. The molecule has 0 aliphatic heterocycles. The molecule has 0 unspecified atom stereocenters. The fourth-order valence-corrected chi connectivity index (χ4v) is 2.80. The lowest BCUT2D eigenvalue weighted by Crippen LogP contribution is -2.21. The van der Waals surface area contributed by atoms with Gasteiger partial charge in [0.1, 0.15) is 11.5 Å². The van der Waals surface area contributed by atoms with Crippen LogP contribution in [0.1, 0.15) is 47.4 Å². The third-order valence-corrected chi connectivity index (χ3v) is 4.52. The minimum absolute atomic E-state index is 0.00946. The molecule has 2 aromatic rings. The van der Waals surface area contributed by atoms with Crippen LogP contribution in [0.5, 0.6) is 11.5 Å². The highest BCUT2D eigenvalue weighted by molar-refractivity contribution is 6.03. The van der Waals surface area contributed by atoms with E-state index < -0.39 is 11.9 Å². The first kappa shape index (κ1) is 21.9. The largest absolute Gasteiger partial charge is 0.465 e. The van der Waals surface area contributed by atoms with Crippen LogP contribution in [0.15, 0.2) is 42.5 Å². The summed E-state index contributed by atoms with van der Waals surface area (Å²) >= 11 is 0. The minimum atomic E-state index is -0.671. The fraction of sp³-hybridized carbons (Fsp3) is 0.318. The highest BCUT2D eigenvalue weighted by Gasteiger charge is 2.19. The second-order valence-corrected chi connectivity index (χ2v) is 6.32. The molecule has 0 fully saturated rings. The third kappa shape index (κ3) is 5.57. The molecule has 0 saturated carbocycles. The van der Waals surface area contributed by atoms with E-state index in [4.69, 9.17) is 9.47 Å². The molecule has 0 heterocycles. The van der Waals surface area contributed by atoms with E-state index in [2.05, 4.69) is 10.1 Å². The van der Waals surface area contributed by atoms with Gasteiger partial charge in [-0.15, -0.1) is 0 Å². The molecule has 0 aromatic heterocycles. The first-order chi connectivity index (χ1) is 13.9. The number of anilines is 1. The molecule has 0 saturated heterocycles. The van der Waals surface area contributed by atoms with Crippen LogP contribution in [0.2, 0.25) is 0 Å². The Balaban J connectivity index is 2.16. The quantitative estimate of drug-likeness (QED) is 0.661. The molecule has 2 aromatic carbocycles. The Kier molecular flexibility index (Phi) is 7.77. The molecule has 7 heteroatoms. The summed E-state index contributed by atoms with van der Waals surface area (Å²) in [4.78, 5) is 36.0. The highest BCUT2D eigenvalue weighted by atomic mass is 16.5. The van der Waals surface area contributed by atoms with Crippen molar-refractivity contribution in [1.82, 2.24) is 0 Å². The predicted octanol–water partition coefficient (Wildman–Crippen LogP) is 4.43. The van der Waals surface area contributed by atoms with Crippen LogP contribution in [-0.4, -0.2) is 32.1 Å². The van der Waals surface area contributed by atoms with E-state index in [1.165, 1.54) is 26.4 Å². The van der Waals surface area contributed by atoms with Gasteiger partial charge in [-0.2, -0.15) is 0 Å². The number of hydrogen-bond donors (Lipinski definition) is 1. The fourth-order valence-electron chi connectivity index (χ4n) is 2.80. The first-order valence-corrected chi connectivity index (χ1v) is 9.32. The van der Waals surface area contributed by atoms with Crippen molar-refractivity contribution in [3.63, 3.8) is 0 Å². The molecular formula is C22H25NO6. The molecule has 2 rings (SSSR count). The van der Waals surface area contributed by atoms with Gasteiger partial charge < -0.3 is 19.5 Å². The van der Waals surface area contributed by atoms with Crippen molar-refractivity contribution >= 4 is 23.5 Å². The molecule has 1 N–H and O–H groups in total. The molecule has 0 bridgehead atoms. The third-order valence-electron chi connectivity index (χ3n) is 4.52. The summed E-state index contributed by atoms with van der Waals surface area (Å²) in [6.07, 6.45) is 1.57.